The number of cyclic esters (lactones) is 1. The molecule has 0 aromatic heterocycles. The Kier molecular flexibility index (Phi) is 7.02. The molecular weight excluding hydrogens is 504 g/mol. The SMILES string of the molecule is CO[C@@H]1[C@H](O)[C@H](O[C@@H]2CC[C@@]3(C)[C@H](CC[C@@H]4[C@@H]3[C@H](O)C[C@]3(C)[C@@H](C5=CC(=O)OC5)CC[C@@]43O)C2)O[C@@H](C)[C@H]1O. The van der Waals surface area contributed by atoms with Crippen molar-refractivity contribution in [1.29, 1.82) is 0 Å². The van der Waals surface area contributed by atoms with E-state index in [-0.39, 0.29) is 35.2 Å². The zero-order valence-corrected chi connectivity index (χ0v) is 23.6. The van der Waals surface area contributed by atoms with Crippen molar-refractivity contribution >= 4 is 5.97 Å². The maximum Gasteiger partial charge on any atom is 0.331 e. The number of rotatable bonds is 4. The lowest BCUT2D eigenvalue weighted by Crippen LogP contribution is -2.66. The van der Waals surface area contributed by atoms with Crippen LogP contribution >= 0.6 is 0 Å². The maximum atomic E-state index is 12.4. The molecule has 0 spiro atoms. The monoisotopic (exact) mass is 550 g/mol. The van der Waals surface area contributed by atoms with Gasteiger partial charge in [-0.2, -0.15) is 0 Å². The molecule has 0 radical (unpaired) electrons. The van der Waals surface area contributed by atoms with Crippen LogP contribution in [0.3, 0.4) is 0 Å². The van der Waals surface area contributed by atoms with Gasteiger partial charge in [0.15, 0.2) is 6.29 Å². The molecule has 0 amide bonds. The number of aliphatic hydroxyl groups is 4. The average molecular weight is 551 g/mol. The summed E-state index contributed by atoms with van der Waals surface area (Å²) in [6, 6.07) is 0. The molecule has 0 aromatic carbocycles. The first kappa shape index (κ1) is 28.1. The fourth-order valence-corrected chi connectivity index (χ4v) is 10.2. The summed E-state index contributed by atoms with van der Waals surface area (Å²) < 4.78 is 22.7. The molecule has 4 N–H and O–H groups in total. The molecule has 4 saturated carbocycles. The van der Waals surface area contributed by atoms with Gasteiger partial charge in [-0.15, -0.1) is 0 Å². The van der Waals surface area contributed by atoms with E-state index in [1.54, 1.807) is 13.0 Å². The number of hydrogen-bond acceptors (Lipinski definition) is 9. The number of aliphatic hydroxyl groups excluding tert-OH is 3. The van der Waals surface area contributed by atoms with Crippen molar-refractivity contribution in [3.63, 3.8) is 0 Å². The molecule has 5 fully saturated rings. The van der Waals surface area contributed by atoms with E-state index < -0.39 is 47.8 Å². The Balaban J connectivity index is 1.18. The minimum atomic E-state index is -1.08. The maximum absolute atomic E-state index is 12.4. The zero-order chi connectivity index (χ0) is 27.9. The molecule has 0 aromatic rings. The number of hydrogen-bond donors (Lipinski definition) is 4. The molecule has 220 valence electrons. The van der Waals surface area contributed by atoms with Gasteiger partial charge in [-0.05, 0) is 93.0 Å². The molecule has 0 bridgehead atoms. The third-order valence-corrected chi connectivity index (χ3v) is 12.3. The minimum Gasteiger partial charge on any atom is -0.458 e. The van der Waals surface area contributed by atoms with E-state index in [4.69, 9.17) is 18.9 Å². The van der Waals surface area contributed by atoms with Crippen LogP contribution in [-0.2, 0) is 23.7 Å². The predicted octanol–water partition coefficient (Wildman–Crippen LogP) is 2.08. The van der Waals surface area contributed by atoms with Gasteiger partial charge in [-0.3, -0.25) is 0 Å². The van der Waals surface area contributed by atoms with Crippen molar-refractivity contribution in [3.05, 3.63) is 11.6 Å². The smallest absolute Gasteiger partial charge is 0.331 e. The lowest BCUT2D eigenvalue weighted by atomic mass is 9.42. The summed E-state index contributed by atoms with van der Waals surface area (Å²) in [6.45, 7) is 6.46. The molecule has 6 aliphatic rings. The molecular formula is C30H46O9. The lowest BCUT2D eigenvalue weighted by molar-refractivity contribution is -0.314. The van der Waals surface area contributed by atoms with E-state index >= 15 is 0 Å². The van der Waals surface area contributed by atoms with Crippen molar-refractivity contribution in [1.82, 2.24) is 0 Å². The highest BCUT2D eigenvalue weighted by atomic mass is 16.7. The van der Waals surface area contributed by atoms with E-state index in [2.05, 4.69) is 13.8 Å². The average Bonchev–Trinajstić information content (AvgIpc) is 3.42. The molecule has 9 nitrogen and oxygen atoms in total. The summed E-state index contributed by atoms with van der Waals surface area (Å²) >= 11 is 0. The summed E-state index contributed by atoms with van der Waals surface area (Å²) in [4.78, 5) is 11.8. The van der Waals surface area contributed by atoms with Crippen LogP contribution in [0.4, 0.5) is 0 Å². The van der Waals surface area contributed by atoms with Crippen LogP contribution in [0.2, 0.25) is 0 Å². The molecule has 0 unspecified atom stereocenters. The Bertz CT molecular complexity index is 1000. The van der Waals surface area contributed by atoms with Crippen molar-refractivity contribution in [2.24, 2.45) is 34.5 Å². The van der Waals surface area contributed by atoms with Gasteiger partial charge in [0.25, 0.3) is 0 Å². The van der Waals surface area contributed by atoms with Crippen LogP contribution < -0.4 is 0 Å². The van der Waals surface area contributed by atoms with Crippen LogP contribution in [0.5, 0.6) is 0 Å². The van der Waals surface area contributed by atoms with Crippen molar-refractivity contribution in [2.75, 3.05) is 13.7 Å². The van der Waals surface area contributed by atoms with Crippen molar-refractivity contribution in [3.8, 4) is 0 Å². The third-order valence-electron chi connectivity index (χ3n) is 12.3. The lowest BCUT2D eigenvalue weighted by Gasteiger charge is -2.65. The number of ether oxygens (including phenoxy) is 4. The van der Waals surface area contributed by atoms with E-state index in [0.29, 0.717) is 25.4 Å². The molecule has 9 heteroatoms. The topological polar surface area (TPSA) is 135 Å². The second-order valence-corrected chi connectivity index (χ2v) is 13.9. The highest BCUT2D eigenvalue weighted by Gasteiger charge is 2.70. The quantitative estimate of drug-likeness (QED) is 0.307. The van der Waals surface area contributed by atoms with Gasteiger partial charge in [0.2, 0.25) is 0 Å². The summed E-state index contributed by atoms with van der Waals surface area (Å²) in [5.41, 5.74) is -0.550. The first-order valence-electron chi connectivity index (χ1n) is 14.9. The molecule has 4 aliphatic carbocycles. The Hall–Kier alpha value is -1.07. The standard InChI is InChI=1S/C30H46O9/c1-15-24(33)26(36-4)25(34)27(38-15)39-18-7-9-28(2)17(12-18)5-6-20-23(28)21(31)13-29(3)19(8-10-30(20,29)35)16-11-22(32)37-14-16/h11,15,17-21,23-27,31,33-35H,5-10,12-14H2,1-4H3/t15-,17+,18+,19+,20+,21+,23+,24+,25-,26-,27-,28-,29+,30+/m0/s1. The Labute approximate surface area is 230 Å². The minimum absolute atomic E-state index is 0.00175. The van der Waals surface area contributed by atoms with Crippen LogP contribution in [0.15, 0.2) is 11.6 Å². The second-order valence-electron chi connectivity index (χ2n) is 13.9. The summed E-state index contributed by atoms with van der Waals surface area (Å²) in [5.74, 6) is 0.0523. The molecule has 2 aliphatic heterocycles. The van der Waals surface area contributed by atoms with E-state index in [1.807, 2.05) is 0 Å². The number of carbonyl (C=O) groups excluding carboxylic acids is 1. The normalized spacial score (nSPS) is 55.3. The van der Waals surface area contributed by atoms with Crippen molar-refractivity contribution in [2.45, 2.75) is 121 Å². The van der Waals surface area contributed by atoms with Crippen LogP contribution in [0, 0.1) is 34.5 Å². The Morgan fingerprint density at radius 3 is 2.51 bits per heavy atom. The van der Waals surface area contributed by atoms with Crippen LogP contribution in [-0.4, -0.2) is 88.6 Å². The first-order valence-corrected chi connectivity index (χ1v) is 14.9. The van der Waals surface area contributed by atoms with Crippen LogP contribution in [0.1, 0.15) is 72.1 Å². The summed E-state index contributed by atoms with van der Waals surface area (Å²) in [7, 11) is 1.47. The molecule has 39 heavy (non-hydrogen) atoms. The second kappa shape index (κ2) is 9.75. The van der Waals surface area contributed by atoms with E-state index in [9.17, 15) is 25.2 Å². The molecule has 14 atom stereocenters. The summed E-state index contributed by atoms with van der Waals surface area (Å²) in [5, 5.41) is 45.2. The highest BCUT2D eigenvalue weighted by Crippen LogP contribution is 2.70. The third kappa shape index (κ3) is 4.09. The van der Waals surface area contributed by atoms with Gasteiger partial charge in [0.05, 0.1) is 23.9 Å². The fraction of sp³-hybridized carbons (Fsp3) is 0.900. The van der Waals surface area contributed by atoms with E-state index in [1.165, 1.54) is 7.11 Å². The first-order chi connectivity index (χ1) is 18.4. The Morgan fingerprint density at radius 2 is 1.82 bits per heavy atom. The van der Waals surface area contributed by atoms with Gasteiger partial charge in [-0.25, -0.2) is 4.79 Å². The molecule has 6 rings (SSSR count). The number of methoxy groups -OCH3 is 1. The predicted molar refractivity (Wildman–Crippen MR) is 139 cm³/mol. The number of esters is 1. The Morgan fingerprint density at radius 1 is 1.05 bits per heavy atom. The largest absolute Gasteiger partial charge is 0.458 e. The summed E-state index contributed by atoms with van der Waals surface area (Å²) in [6.07, 6.45) is 3.05. The van der Waals surface area contributed by atoms with E-state index in [0.717, 1.165) is 44.1 Å². The van der Waals surface area contributed by atoms with Gasteiger partial charge in [0, 0.05) is 18.6 Å². The van der Waals surface area contributed by atoms with Crippen molar-refractivity contribution < 1.29 is 44.2 Å². The number of carbonyl (C=O) groups is 1. The van der Waals surface area contributed by atoms with Crippen LogP contribution in [0.25, 0.3) is 0 Å². The van der Waals surface area contributed by atoms with Gasteiger partial charge >= 0.3 is 5.97 Å². The fourth-order valence-electron chi connectivity index (χ4n) is 10.2. The van der Waals surface area contributed by atoms with Gasteiger partial charge in [0.1, 0.15) is 24.9 Å². The zero-order valence-electron chi connectivity index (χ0n) is 23.6. The molecule has 1 saturated heterocycles. The molecule has 2 heterocycles. The van der Waals surface area contributed by atoms with Gasteiger partial charge in [-0.1, -0.05) is 13.8 Å². The number of fused-ring (bicyclic) bond motifs is 5. The highest BCUT2D eigenvalue weighted by molar-refractivity contribution is 5.85. The van der Waals surface area contributed by atoms with Gasteiger partial charge < -0.3 is 39.4 Å².